The third kappa shape index (κ3) is 4.54. The fraction of sp³-hybridized carbons (Fsp3) is 0.192. The molecule has 1 aromatic heterocycles. The van der Waals surface area contributed by atoms with Gasteiger partial charge in [-0.3, -0.25) is 4.57 Å². The SMILES string of the molecule is COc1ccc(F)c(-c2cccc(-n3cc(C(C)(C)O)nc3-c3ccccc3C(F)(F)F)c2)c1. The third-order valence-electron chi connectivity index (χ3n) is 5.41. The summed E-state index contributed by atoms with van der Waals surface area (Å²) in [6.45, 7) is 3.00. The number of imidazole rings is 1. The zero-order valence-corrected chi connectivity index (χ0v) is 18.7. The summed E-state index contributed by atoms with van der Waals surface area (Å²) in [5, 5.41) is 10.5. The van der Waals surface area contributed by atoms with Gasteiger partial charge >= 0.3 is 6.18 Å². The second kappa shape index (κ2) is 8.61. The third-order valence-corrected chi connectivity index (χ3v) is 5.41. The number of methoxy groups -OCH3 is 1. The molecular weight excluding hydrogens is 448 g/mol. The molecule has 8 heteroatoms. The Bertz CT molecular complexity index is 1340. The first-order valence-corrected chi connectivity index (χ1v) is 10.4. The number of aromatic nitrogens is 2. The van der Waals surface area contributed by atoms with E-state index in [2.05, 4.69) is 4.98 Å². The van der Waals surface area contributed by atoms with E-state index in [4.69, 9.17) is 4.74 Å². The van der Waals surface area contributed by atoms with Crippen LogP contribution in [-0.4, -0.2) is 21.8 Å². The van der Waals surface area contributed by atoms with Gasteiger partial charge in [0.25, 0.3) is 0 Å². The highest BCUT2D eigenvalue weighted by molar-refractivity contribution is 5.70. The molecule has 3 aromatic carbocycles. The van der Waals surface area contributed by atoms with Gasteiger partial charge in [0, 0.05) is 23.0 Å². The molecule has 1 heterocycles. The number of rotatable bonds is 5. The fourth-order valence-corrected chi connectivity index (χ4v) is 3.66. The van der Waals surface area contributed by atoms with Crippen molar-refractivity contribution < 1.29 is 27.4 Å². The zero-order valence-electron chi connectivity index (χ0n) is 18.7. The van der Waals surface area contributed by atoms with Crippen molar-refractivity contribution in [2.75, 3.05) is 7.11 Å². The molecule has 0 amide bonds. The van der Waals surface area contributed by atoms with Gasteiger partial charge in [0.2, 0.25) is 0 Å². The van der Waals surface area contributed by atoms with Crippen LogP contribution >= 0.6 is 0 Å². The summed E-state index contributed by atoms with van der Waals surface area (Å²) in [4.78, 5) is 4.37. The molecule has 34 heavy (non-hydrogen) atoms. The lowest BCUT2D eigenvalue weighted by molar-refractivity contribution is -0.137. The number of aliphatic hydroxyl groups is 1. The number of alkyl halides is 3. The summed E-state index contributed by atoms with van der Waals surface area (Å²) < 4.78 is 62.6. The van der Waals surface area contributed by atoms with Crippen molar-refractivity contribution in [2.24, 2.45) is 0 Å². The Morgan fingerprint density at radius 1 is 0.912 bits per heavy atom. The van der Waals surface area contributed by atoms with Crippen LogP contribution in [0.15, 0.2) is 72.9 Å². The van der Waals surface area contributed by atoms with E-state index >= 15 is 0 Å². The molecular formula is C26H22F4N2O2. The van der Waals surface area contributed by atoms with Crippen LogP contribution in [0.2, 0.25) is 0 Å². The van der Waals surface area contributed by atoms with Gasteiger partial charge in [-0.15, -0.1) is 0 Å². The number of benzene rings is 3. The van der Waals surface area contributed by atoms with Gasteiger partial charge in [0.1, 0.15) is 23.0 Å². The average molecular weight is 470 g/mol. The van der Waals surface area contributed by atoms with E-state index < -0.39 is 23.2 Å². The van der Waals surface area contributed by atoms with Gasteiger partial charge in [0.15, 0.2) is 0 Å². The lowest BCUT2D eigenvalue weighted by Crippen LogP contribution is -2.15. The molecule has 0 saturated heterocycles. The van der Waals surface area contributed by atoms with Crippen molar-refractivity contribution in [1.29, 1.82) is 0 Å². The topological polar surface area (TPSA) is 47.3 Å². The Labute approximate surface area is 194 Å². The zero-order chi connectivity index (χ0) is 24.7. The molecule has 0 aliphatic rings. The van der Waals surface area contributed by atoms with Crippen LogP contribution in [0.1, 0.15) is 25.1 Å². The maximum Gasteiger partial charge on any atom is 0.417 e. The summed E-state index contributed by atoms with van der Waals surface area (Å²) >= 11 is 0. The minimum absolute atomic E-state index is 0.00770. The van der Waals surface area contributed by atoms with Gasteiger partial charge in [0.05, 0.1) is 18.4 Å². The molecule has 0 radical (unpaired) electrons. The fourth-order valence-electron chi connectivity index (χ4n) is 3.66. The molecule has 0 saturated carbocycles. The van der Waals surface area contributed by atoms with Crippen molar-refractivity contribution in [3.05, 3.63) is 90.0 Å². The molecule has 0 spiro atoms. The first-order chi connectivity index (χ1) is 16.0. The summed E-state index contributed by atoms with van der Waals surface area (Å²) in [6, 6.07) is 16.1. The molecule has 176 valence electrons. The molecule has 1 N–H and O–H groups in total. The molecule has 0 unspecified atom stereocenters. The quantitative estimate of drug-likeness (QED) is 0.334. The summed E-state index contributed by atoms with van der Waals surface area (Å²) in [7, 11) is 1.47. The number of hydrogen-bond acceptors (Lipinski definition) is 3. The average Bonchev–Trinajstić information content (AvgIpc) is 3.25. The van der Waals surface area contributed by atoms with Gasteiger partial charge in [-0.2, -0.15) is 13.2 Å². The lowest BCUT2D eigenvalue weighted by atomic mass is 10.0. The van der Waals surface area contributed by atoms with Crippen LogP contribution in [0.3, 0.4) is 0 Å². The highest BCUT2D eigenvalue weighted by Crippen LogP contribution is 2.38. The number of ether oxygens (including phenoxy) is 1. The number of hydrogen-bond donors (Lipinski definition) is 1. The van der Waals surface area contributed by atoms with E-state index in [1.54, 1.807) is 30.3 Å². The molecule has 0 atom stereocenters. The van der Waals surface area contributed by atoms with E-state index in [1.165, 1.54) is 62.1 Å². The summed E-state index contributed by atoms with van der Waals surface area (Å²) in [6.07, 6.45) is -3.11. The van der Waals surface area contributed by atoms with Crippen LogP contribution < -0.4 is 4.74 Å². The van der Waals surface area contributed by atoms with E-state index in [9.17, 15) is 22.7 Å². The van der Waals surface area contributed by atoms with Crippen LogP contribution in [0, 0.1) is 5.82 Å². The second-order valence-electron chi connectivity index (χ2n) is 8.32. The summed E-state index contributed by atoms with van der Waals surface area (Å²) in [5.41, 5.74) is -0.956. The molecule has 0 aliphatic heterocycles. The van der Waals surface area contributed by atoms with Crippen LogP contribution in [0.25, 0.3) is 28.2 Å². The van der Waals surface area contributed by atoms with E-state index in [-0.39, 0.29) is 22.6 Å². The summed E-state index contributed by atoms with van der Waals surface area (Å²) in [5.74, 6) is 0.00487. The van der Waals surface area contributed by atoms with Crippen molar-refractivity contribution in [1.82, 2.24) is 9.55 Å². The molecule has 0 aliphatic carbocycles. The normalized spacial score (nSPS) is 12.1. The predicted molar refractivity (Wildman–Crippen MR) is 121 cm³/mol. The Morgan fingerprint density at radius 3 is 2.32 bits per heavy atom. The van der Waals surface area contributed by atoms with Gasteiger partial charge < -0.3 is 9.84 Å². The van der Waals surface area contributed by atoms with Gasteiger partial charge in [-0.1, -0.05) is 30.3 Å². The van der Waals surface area contributed by atoms with E-state index in [0.717, 1.165) is 6.07 Å². The number of halogens is 4. The van der Waals surface area contributed by atoms with Crippen molar-refractivity contribution >= 4 is 0 Å². The van der Waals surface area contributed by atoms with Crippen LogP contribution in [0.4, 0.5) is 17.6 Å². The Hall–Kier alpha value is -3.65. The molecule has 4 aromatic rings. The van der Waals surface area contributed by atoms with Crippen LogP contribution in [-0.2, 0) is 11.8 Å². The van der Waals surface area contributed by atoms with Gasteiger partial charge in [-0.05, 0) is 55.8 Å². The van der Waals surface area contributed by atoms with Crippen molar-refractivity contribution in [3.8, 4) is 34.0 Å². The largest absolute Gasteiger partial charge is 0.497 e. The maximum absolute atomic E-state index is 14.6. The highest BCUT2D eigenvalue weighted by Gasteiger charge is 2.35. The molecule has 0 bridgehead atoms. The van der Waals surface area contributed by atoms with E-state index in [1.807, 2.05) is 0 Å². The Balaban J connectivity index is 1.94. The standard InChI is InChI=1S/C26H22F4N2O2/c1-25(2,33)23-15-32(24(31-23)19-9-4-5-10-21(19)26(28,29)30)17-8-6-7-16(13-17)20-14-18(34-3)11-12-22(20)27/h4-15,33H,1-3H3. The Morgan fingerprint density at radius 2 is 1.65 bits per heavy atom. The van der Waals surface area contributed by atoms with E-state index in [0.29, 0.717) is 17.0 Å². The predicted octanol–water partition coefficient (Wildman–Crippen LogP) is 6.60. The molecule has 4 nitrogen and oxygen atoms in total. The molecule has 4 rings (SSSR count). The second-order valence-corrected chi connectivity index (χ2v) is 8.32. The maximum atomic E-state index is 14.6. The first-order valence-electron chi connectivity index (χ1n) is 10.4. The minimum Gasteiger partial charge on any atom is -0.497 e. The lowest BCUT2D eigenvalue weighted by Gasteiger charge is -2.15. The van der Waals surface area contributed by atoms with Crippen molar-refractivity contribution in [3.63, 3.8) is 0 Å². The van der Waals surface area contributed by atoms with Gasteiger partial charge in [-0.25, -0.2) is 9.37 Å². The van der Waals surface area contributed by atoms with Crippen molar-refractivity contribution in [2.45, 2.75) is 25.6 Å². The minimum atomic E-state index is -4.60. The highest BCUT2D eigenvalue weighted by atomic mass is 19.4. The first kappa shape index (κ1) is 23.5. The molecule has 0 fully saturated rings. The Kier molecular flexibility index (Phi) is 5.95. The number of nitrogens with zero attached hydrogens (tertiary/aromatic N) is 2. The van der Waals surface area contributed by atoms with Crippen LogP contribution in [0.5, 0.6) is 5.75 Å². The smallest absolute Gasteiger partial charge is 0.417 e. The monoisotopic (exact) mass is 470 g/mol.